The van der Waals surface area contributed by atoms with E-state index < -0.39 is 5.97 Å². The summed E-state index contributed by atoms with van der Waals surface area (Å²) in [5.41, 5.74) is 0.970. The SMILES string of the molecule is CCCCCCCCOC1(C=Cc2ccc(OC)cc2)OCC(=O)CO1. The van der Waals surface area contributed by atoms with E-state index in [2.05, 4.69) is 6.92 Å². The van der Waals surface area contributed by atoms with Crippen molar-refractivity contribution in [1.82, 2.24) is 0 Å². The summed E-state index contributed by atoms with van der Waals surface area (Å²) < 4.78 is 22.2. The van der Waals surface area contributed by atoms with Crippen molar-refractivity contribution in [3.8, 4) is 5.75 Å². The minimum atomic E-state index is -1.28. The van der Waals surface area contributed by atoms with Gasteiger partial charge in [0.05, 0.1) is 13.7 Å². The second-order valence-corrected chi connectivity index (χ2v) is 6.44. The number of unbranched alkanes of at least 4 members (excludes halogenated alkanes) is 5. The van der Waals surface area contributed by atoms with E-state index in [9.17, 15) is 4.79 Å². The maximum atomic E-state index is 11.4. The summed E-state index contributed by atoms with van der Waals surface area (Å²) in [4.78, 5) is 11.4. The van der Waals surface area contributed by atoms with Gasteiger partial charge in [0, 0.05) is 6.08 Å². The first-order valence-electron chi connectivity index (χ1n) is 9.44. The van der Waals surface area contributed by atoms with Gasteiger partial charge >= 0.3 is 5.97 Å². The van der Waals surface area contributed by atoms with Crippen molar-refractivity contribution in [1.29, 1.82) is 0 Å². The summed E-state index contributed by atoms with van der Waals surface area (Å²) in [6.45, 7) is 2.75. The molecule has 1 aliphatic heterocycles. The van der Waals surface area contributed by atoms with Crippen molar-refractivity contribution in [3.63, 3.8) is 0 Å². The molecule has 1 heterocycles. The van der Waals surface area contributed by atoms with E-state index in [1.165, 1.54) is 25.7 Å². The van der Waals surface area contributed by atoms with E-state index >= 15 is 0 Å². The molecule has 0 amide bonds. The van der Waals surface area contributed by atoms with E-state index in [1.54, 1.807) is 13.2 Å². The van der Waals surface area contributed by atoms with Gasteiger partial charge < -0.3 is 18.9 Å². The molecule has 1 aromatic carbocycles. The standard InChI is InChI=1S/C21H30O5/c1-3-4-5-6-7-8-15-24-21(25-16-19(22)17-26-21)14-13-18-9-11-20(23-2)12-10-18/h9-14H,3-8,15-17H2,1-2H3. The fraction of sp³-hybridized carbons (Fsp3) is 0.571. The van der Waals surface area contributed by atoms with Crippen LogP contribution in [0.2, 0.25) is 0 Å². The Bertz CT molecular complexity index is 554. The van der Waals surface area contributed by atoms with Crippen LogP contribution in [0.25, 0.3) is 6.08 Å². The van der Waals surface area contributed by atoms with Crippen LogP contribution in [0.15, 0.2) is 30.3 Å². The highest BCUT2D eigenvalue weighted by molar-refractivity contribution is 5.81. The van der Waals surface area contributed by atoms with Crippen LogP contribution >= 0.6 is 0 Å². The van der Waals surface area contributed by atoms with E-state index in [4.69, 9.17) is 18.9 Å². The van der Waals surface area contributed by atoms with Gasteiger partial charge in [-0.1, -0.05) is 57.2 Å². The maximum absolute atomic E-state index is 11.4. The summed E-state index contributed by atoms with van der Waals surface area (Å²) in [5.74, 6) is -0.564. The smallest absolute Gasteiger partial charge is 0.305 e. The van der Waals surface area contributed by atoms with Crippen LogP contribution in [0.4, 0.5) is 0 Å². The van der Waals surface area contributed by atoms with Crippen molar-refractivity contribution in [2.24, 2.45) is 0 Å². The Hall–Kier alpha value is -1.69. The Kier molecular flexibility index (Phi) is 8.81. The number of ether oxygens (including phenoxy) is 4. The molecule has 0 atom stereocenters. The van der Waals surface area contributed by atoms with Gasteiger partial charge in [0.25, 0.3) is 0 Å². The number of Topliss-reactive ketones (excluding diaryl/α,β-unsaturated/α-hetero) is 1. The maximum Gasteiger partial charge on any atom is 0.305 e. The molecule has 0 bridgehead atoms. The number of ketones is 1. The van der Waals surface area contributed by atoms with Crippen LogP contribution in [0.3, 0.4) is 0 Å². The van der Waals surface area contributed by atoms with Gasteiger partial charge in [-0.3, -0.25) is 4.79 Å². The molecule has 0 spiro atoms. The molecule has 0 aliphatic carbocycles. The summed E-state index contributed by atoms with van der Waals surface area (Å²) in [5, 5.41) is 0. The quantitative estimate of drug-likeness (QED) is 0.548. The lowest BCUT2D eigenvalue weighted by molar-refractivity contribution is -0.356. The Balaban J connectivity index is 1.89. The molecule has 2 rings (SSSR count). The lowest BCUT2D eigenvalue weighted by Crippen LogP contribution is -2.45. The first-order valence-corrected chi connectivity index (χ1v) is 9.44. The van der Waals surface area contributed by atoms with Gasteiger partial charge in [-0.15, -0.1) is 0 Å². The molecule has 0 aromatic heterocycles. The molecule has 1 aromatic rings. The summed E-state index contributed by atoms with van der Waals surface area (Å²) in [7, 11) is 1.64. The molecule has 26 heavy (non-hydrogen) atoms. The van der Waals surface area contributed by atoms with Crippen molar-refractivity contribution < 1.29 is 23.7 Å². The van der Waals surface area contributed by atoms with Crippen molar-refractivity contribution in [2.75, 3.05) is 26.9 Å². The molecule has 1 aliphatic rings. The van der Waals surface area contributed by atoms with Gasteiger partial charge in [-0.05, 0) is 24.1 Å². The molecule has 0 unspecified atom stereocenters. The Morgan fingerprint density at radius 2 is 1.69 bits per heavy atom. The van der Waals surface area contributed by atoms with E-state index in [-0.39, 0.29) is 19.0 Å². The zero-order valence-corrected chi connectivity index (χ0v) is 15.9. The van der Waals surface area contributed by atoms with E-state index in [0.29, 0.717) is 6.61 Å². The van der Waals surface area contributed by atoms with Crippen LogP contribution < -0.4 is 4.74 Å². The van der Waals surface area contributed by atoms with Crippen molar-refractivity contribution in [3.05, 3.63) is 35.9 Å². The number of hydrogen-bond donors (Lipinski definition) is 0. The van der Waals surface area contributed by atoms with Gasteiger partial charge in [-0.2, -0.15) is 0 Å². The molecule has 1 fully saturated rings. The molecule has 0 saturated carbocycles. The minimum Gasteiger partial charge on any atom is -0.497 e. The highest BCUT2D eigenvalue weighted by Crippen LogP contribution is 2.24. The van der Waals surface area contributed by atoms with Crippen molar-refractivity contribution in [2.45, 2.75) is 51.4 Å². The monoisotopic (exact) mass is 362 g/mol. The molecule has 144 valence electrons. The van der Waals surface area contributed by atoms with Crippen LogP contribution in [0.1, 0.15) is 51.0 Å². The lowest BCUT2D eigenvalue weighted by Gasteiger charge is -2.33. The number of hydrogen-bond acceptors (Lipinski definition) is 5. The van der Waals surface area contributed by atoms with E-state index in [0.717, 1.165) is 24.2 Å². The second kappa shape index (κ2) is 11.1. The highest BCUT2D eigenvalue weighted by atomic mass is 16.9. The Labute approximate surface area is 156 Å². The number of carbonyl (C=O) groups is 1. The topological polar surface area (TPSA) is 54.0 Å². The van der Waals surface area contributed by atoms with Crippen LogP contribution in [-0.4, -0.2) is 38.7 Å². The summed E-state index contributed by atoms with van der Waals surface area (Å²) in [6, 6.07) is 7.64. The van der Waals surface area contributed by atoms with E-state index in [1.807, 2.05) is 30.3 Å². The summed E-state index contributed by atoms with van der Waals surface area (Å²) in [6.07, 6.45) is 10.7. The molecular weight excluding hydrogens is 332 g/mol. The molecule has 1 saturated heterocycles. The first-order chi connectivity index (χ1) is 12.7. The first kappa shape index (κ1) is 20.6. The second-order valence-electron chi connectivity index (χ2n) is 6.44. The fourth-order valence-corrected chi connectivity index (χ4v) is 2.68. The van der Waals surface area contributed by atoms with Gasteiger partial charge in [-0.25, -0.2) is 0 Å². The molecule has 0 N–H and O–H groups in total. The Morgan fingerprint density at radius 1 is 1.04 bits per heavy atom. The van der Waals surface area contributed by atoms with Crippen molar-refractivity contribution >= 4 is 11.9 Å². The van der Waals surface area contributed by atoms with Crippen LogP contribution in [-0.2, 0) is 19.0 Å². The zero-order valence-electron chi connectivity index (χ0n) is 15.9. The highest BCUT2D eigenvalue weighted by Gasteiger charge is 2.36. The third-order valence-electron chi connectivity index (χ3n) is 4.27. The predicted octanol–water partition coefficient (Wildman–Crippen LogP) is 4.36. The lowest BCUT2D eigenvalue weighted by atomic mass is 10.1. The van der Waals surface area contributed by atoms with Crippen LogP contribution in [0, 0.1) is 0 Å². The predicted molar refractivity (Wildman–Crippen MR) is 101 cm³/mol. The average molecular weight is 362 g/mol. The zero-order chi connectivity index (χ0) is 18.7. The minimum absolute atomic E-state index is 0.00343. The molecular formula is C21H30O5. The Morgan fingerprint density at radius 3 is 2.35 bits per heavy atom. The third-order valence-corrected chi connectivity index (χ3v) is 4.27. The average Bonchev–Trinajstić information content (AvgIpc) is 2.68. The van der Waals surface area contributed by atoms with Gasteiger partial charge in [0.1, 0.15) is 19.0 Å². The third kappa shape index (κ3) is 6.90. The normalized spacial score (nSPS) is 16.9. The fourth-order valence-electron chi connectivity index (χ4n) is 2.68. The number of methoxy groups -OCH3 is 1. The molecule has 0 radical (unpaired) electrons. The number of benzene rings is 1. The molecule has 5 nitrogen and oxygen atoms in total. The number of carbonyl (C=O) groups excluding carboxylic acids is 1. The summed E-state index contributed by atoms with van der Waals surface area (Å²) >= 11 is 0. The largest absolute Gasteiger partial charge is 0.497 e. The van der Waals surface area contributed by atoms with Gasteiger partial charge in [0.15, 0.2) is 5.78 Å². The van der Waals surface area contributed by atoms with Gasteiger partial charge in [0.2, 0.25) is 0 Å². The molecule has 5 heteroatoms. The van der Waals surface area contributed by atoms with Crippen LogP contribution in [0.5, 0.6) is 5.75 Å². The number of rotatable bonds is 11.